The van der Waals surface area contributed by atoms with Crippen molar-refractivity contribution in [2.75, 3.05) is 24.4 Å². The average molecular weight is 455 g/mol. The quantitative estimate of drug-likeness (QED) is 0.320. The Labute approximate surface area is 185 Å². The summed E-state index contributed by atoms with van der Waals surface area (Å²) in [6.07, 6.45) is 4.99. The summed E-state index contributed by atoms with van der Waals surface area (Å²) in [6, 6.07) is 3.89. The number of fused-ring (bicyclic) bond motifs is 1. The van der Waals surface area contributed by atoms with Gasteiger partial charge in [0.15, 0.2) is 0 Å². The molecule has 0 saturated heterocycles. The van der Waals surface area contributed by atoms with Crippen LogP contribution in [0.25, 0.3) is 0 Å². The van der Waals surface area contributed by atoms with Crippen LogP contribution >= 0.6 is 23.4 Å². The maximum Gasteiger partial charge on any atom is 0.261 e. The van der Waals surface area contributed by atoms with E-state index >= 15 is 0 Å². The van der Waals surface area contributed by atoms with Gasteiger partial charge in [-0.3, -0.25) is 4.79 Å². The fourth-order valence-corrected chi connectivity index (χ4v) is 5.83. The molecular formula is C21H28ClFN4O2S. The van der Waals surface area contributed by atoms with E-state index in [1.54, 1.807) is 18.8 Å². The normalized spacial score (nSPS) is 28.6. The smallest absolute Gasteiger partial charge is 0.261 e. The zero-order valence-corrected chi connectivity index (χ0v) is 18.7. The topological polar surface area (TPSA) is 111 Å². The number of hydrogen-bond donors (Lipinski definition) is 5. The molecule has 2 fully saturated rings. The standard InChI is InChI=1S/C21H28ClFN4O2S/c1-26-19(25)17(20(28)27-14-3-4-16(23)15(22)7-14)18(24)11-5-12-8-21(29,10-30-2)9-13(12)6-11/h3-4,7,11-13,24,26,29H,5-6,8-10,25H2,1-2H3,(H,27,28)/b19-17+,24-18?. The third-order valence-corrected chi connectivity index (χ3v) is 7.27. The summed E-state index contributed by atoms with van der Waals surface area (Å²) in [4.78, 5) is 12.9. The highest BCUT2D eigenvalue weighted by molar-refractivity contribution is 7.98. The number of nitrogens with two attached hydrogens (primary N) is 1. The summed E-state index contributed by atoms with van der Waals surface area (Å²) in [5.41, 5.74) is 6.01. The Bertz CT molecular complexity index is 865. The van der Waals surface area contributed by atoms with Gasteiger partial charge in [-0.25, -0.2) is 4.39 Å². The van der Waals surface area contributed by atoms with Gasteiger partial charge in [-0.05, 0) is 62.0 Å². The molecule has 9 heteroatoms. The zero-order valence-electron chi connectivity index (χ0n) is 17.1. The summed E-state index contributed by atoms with van der Waals surface area (Å²) in [7, 11) is 1.59. The lowest BCUT2D eigenvalue weighted by Gasteiger charge is -2.24. The molecule has 6 nitrogen and oxygen atoms in total. The van der Waals surface area contributed by atoms with Gasteiger partial charge < -0.3 is 26.9 Å². The molecule has 30 heavy (non-hydrogen) atoms. The van der Waals surface area contributed by atoms with Crippen LogP contribution in [0.1, 0.15) is 25.7 Å². The maximum absolute atomic E-state index is 13.4. The highest BCUT2D eigenvalue weighted by Gasteiger charge is 2.49. The molecule has 0 heterocycles. The van der Waals surface area contributed by atoms with Crippen LogP contribution in [0.4, 0.5) is 10.1 Å². The summed E-state index contributed by atoms with van der Waals surface area (Å²) >= 11 is 7.44. The second-order valence-electron chi connectivity index (χ2n) is 8.29. The fourth-order valence-electron chi connectivity index (χ4n) is 4.88. The Morgan fingerprint density at radius 2 is 2.03 bits per heavy atom. The van der Waals surface area contributed by atoms with Crippen molar-refractivity contribution in [1.29, 1.82) is 5.41 Å². The minimum absolute atomic E-state index is 0.0855. The number of rotatable bonds is 7. The van der Waals surface area contributed by atoms with Crippen LogP contribution in [0.3, 0.4) is 0 Å². The summed E-state index contributed by atoms with van der Waals surface area (Å²) in [5, 5.41) is 24.8. The van der Waals surface area contributed by atoms with E-state index in [9.17, 15) is 14.3 Å². The number of thioether (sulfide) groups is 1. The number of halogens is 2. The monoisotopic (exact) mass is 454 g/mol. The predicted octanol–water partition coefficient (Wildman–Crippen LogP) is 3.36. The minimum Gasteiger partial charge on any atom is -0.389 e. The van der Waals surface area contributed by atoms with Gasteiger partial charge in [-0.15, -0.1) is 0 Å². The lowest BCUT2D eigenvalue weighted by atomic mass is 9.89. The van der Waals surface area contributed by atoms with Crippen molar-refractivity contribution in [1.82, 2.24) is 5.32 Å². The van der Waals surface area contributed by atoms with Crippen LogP contribution in [-0.2, 0) is 4.79 Å². The molecule has 2 aliphatic carbocycles. The lowest BCUT2D eigenvalue weighted by Crippen LogP contribution is -2.33. The number of hydrogen-bond acceptors (Lipinski definition) is 6. The third kappa shape index (κ3) is 4.76. The fraction of sp³-hybridized carbons (Fsp3) is 0.524. The van der Waals surface area contributed by atoms with Gasteiger partial charge in [0, 0.05) is 24.4 Å². The number of benzene rings is 1. The first-order chi connectivity index (χ1) is 14.2. The van der Waals surface area contributed by atoms with Crippen LogP contribution in [0, 0.1) is 29.0 Å². The lowest BCUT2D eigenvalue weighted by molar-refractivity contribution is -0.112. The molecule has 0 aliphatic heterocycles. The van der Waals surface area contributed by atoms with E-state index in [0.29, 0.717) is 17.5 Å². The second-order valence-corrected chi connectivity index (χ2v) is 9.56. The Morgan fingerprint density at radius 3 is 2.57 bits per heavy atom. The summed E-state index contributed by atoms with van der Waals surface area (Å²) in [5.74, 6) is 0.331. The van der Waals surface area contributed by atoms with Crippen molar-refractivity contribution >= 4 is 40.7 Å². The van der Waals surface area contributed by atoms with Crippen molar-refractivity contribution in [3.8, 4) is 0 Å². The van der Waals surface area contributed by atoms with Gasteiger partial charge in [0.2, 0.25) is 0 Å². The first-order valence-electron chi connectivity index (χ1n) is 9.91. The molecule has 2 aliphatic rings. The van der Waals surface area contributed by atoms with E-state index in [2.05, 4.69) is 10.6 Å². The molecule has 1 aromatic rings. The van der Waals surface area contributed by atoms with Crippen LogP contribution in [0.2, 0.25) is 5.02 Å². The van der Waals surface area contributed by atoms with Gasteiger partial charge in [-0.2, -0.15) is 11.8 Å². The molecular weight excluding hydrogens is 427 g/mol. The second kappa shape index (κ2) is 9.16. The highest BCUT2D eigenvalue weighted by atomic mass is 35.5. The van der Waals surface area contributed by atoms with Gasteiger partial charge >= 0.3 is 0 Å². The minimum atomic E-state index is -0.621. The summed E-state index contributed by atoms with van der Waals surface area (Å²) in [6.45, 7) is 0. The van der Waals surface area contributed by atoms with E-state index in [0.717, 1.165) is 31.4 Å². The number of aliphatic hydroxyl groups is 1. The predicted molar refractivity (Wildman–Crippen MR) is 120 cm³/mol. The van der Waals surface area contributed by atoms with Gasteiger partial charge in [0.25, 0.3) is 5.91 Å². The Morgan fingerprint density at radius 1 is 1.40 bits per heavy atom. The Hall–Kier alpha value is -1.77. The van der Waals surface area contributed by atoms with Crippen LogP contribution in [0.15, 0.2) is 29.6 Å². The SMILES string of the molecule is CN/C(N)=C(\C(=N)C1CC2CC(O)(CSC)CC2C1)C(=O)Nc1ccc(F)c(Cl)c1. The van der Waals surface area contributed by atoms with Gasteiger partial charge in [0.05, 0.1) is 16.3 Å². The number of nitrogens with one attached hydrogen (secondary N) is 3. The molecule has 0 aromatic heterocycles. The molecule has 6 N–H and O–H groups in total. The largest absolute Gasteiger partial charge is 0.389 e. The molecule has 2 saturated carbocycles. The molecule has 0 spiro atoms. The van der Waals surface area contributed by atoms with Gasteiger partial charge in [0.1, 0.15) is 17.2 Å². The van der Waals surface area contributed by atoms with Crippen LogP contribution in [-0.4, -0.2) is 41.4 Å². The zero-order chi connectivity index (χ0) is 22.1. The summed E-state index contributed by atoms with van der Waals surface area (Å²) < 4.78 is 13.4. The van der Waals surface area contributed by atoms with E-state index in [-0.39, 0.29) is 28.0 Å². The van der Waals surface area contributed by atoms with Crippen molar-refractivity contribution in [2.45, 2.75) is 31.3 Å². The molecule has 164 valence electrons. The average Bonchev–Trinajstić information content (AvgIpc) is 3.19. The molecule has 3 rings (SSSR count). The number of anilines is 1. The molecule has 1 amide bonds. The molecule has 2 unspecified atom stereocenters. The van der Waals surface area contributed by atoms with Crippen LogP contribution in [0.5, 0.6) is 0 Å². The Balaban J connectivity index is 1.73. The molecule has 2 atom stereocenters. The van der Waals surface area contributed by atoms with Crippen molar-refractivity contribution in [2.24, 2.45) is 23.5 Å². The van der Waals surface area contributed by atoms with Crippen molar-refractivity contribution < 1.29 is 14.3 Å². The number of carbonyl (C=O) groups is 1. The van der Waals surface area contributed by atoms with Crippen molar-refractivity contribution in [3.05, 3.63) is 40.4 Å². The highest BCUT2D eigenvalue weighted by Crippen LogP contribution is 2.52. The van der Waals surface area contributed by atoms with E-state index in [1.165, 1.54) is 18.2 Å². The molecule has 1 aromatic carbocycles. The molecule has 0 radical (unpaired) electrons. The first-order valence-corrected chi connectivity index (χ1v) is 11.7. The third-order valence-electron chi connectivity index (χ3n) is 6.16. The van der Waals surface area contributed by atoms with Crippen molar-refractivity contribution in [3.63, 3.8) is 0 Å². The maximum atomic E-state index is 13.4. The number of carbonyl (C=O) groups excluding carboxylic acids is 1. The van der Waals surface area contributed by atoms with E-state index < -0.39 is 17.3 Å². The van der Waals surface area contributed by atoms with E-state index in [4.69, 9.17) is 22.7 Å². The molecule has 0 bridgehead atoms. The Kier molecular flexibility index (Phi) is 6.99. The van der Waals surface area contributed by atoms with Gasteiger partial charge in [-0.1, -0.05) is 11.6 Å². The van der Waals surface area contributed by atoms with Crippen LogP contribution < -0.4 is 16.4 Å². The first kappa shape index (κ1) is 22.9. The van der Waals surface area contributed by atoms with E-state index in [1.807, 2.05) is 6.26 Å². The number of amides is 1.